The summed E-state index contributed by atoms with van der Waals surface area (Å²) in [6.07, 6.45) is -0.379. The van der Waals surface area contributed by atoms with Gasteiger partial charge in [0.25, 0.3) is 0 Å². The molecule has 1 rings (SSSR count). The Morgan fingerprint density at radius 1 is 1.57 bits per heavy atom. The summed E-state index contributed by atoms with van der Waals surface area (Å²) < 4.78 is 6.48. The van der Waals surface area contributed by atoms with E-state index >= 15 is 0 Å². The lowest BCUT2D eigenvalue weighted by molar-refractivity contribution is 0.284. The Labute approximate surface area is 91.9 Å². The van der Waals surface area contributed by atoms with E-state index in [1.165, 1.54) is 0 Å². The van der Waals surface area contributed by atoms with Crippen molar-refractivity contribution < 1.29 is 4.74 Å². The van der Waals surface area contributed by atoms with Gasteiger partial charge in [-0.15, -0.1) is 0 Å². The lowest BCUT2D eigenvalue weighted by Crippen LogP contribution is -2.29. The first-order valence-electron chi connectivity index (χ1n) is 4.27. The van der Waals surface area contributed by atoms with Crippen LogP contribution in [0.25, 0.3) is 0 Å². The first-order chi connectivity index (χ1) is 6.50. The molecule has 1 atom stereocenters. The molecule has 1 aromatic carbocycles. The molecule has 0 fully saturated rings. The maximum absolute atomic E-state index is 7.19. The van der Waals surface area contributed by atoms with Gasteiger partial charge in [0.2, 0.25) is 0 Å². The minimum Gasteiger partial charge on any atom is -0.483 e. The fourth-order valence-corrected chi connectivity index (χ4v) is 1.20. The second-order valence-electron chi connectivity index (χ2n) is 3.13. The van der Waals surface area contributed by atoms with E-state index < -0.39 is 0 Å². The monoisotopic (exact) mass is 256 g/mol. The molecule has 0 amide bonds. The SMILES string of the molecule is Cc1cc(OC(C)C(=N)N)ccc1Br. The van der Waals surface area contributed by atoms with Crippen LogP contribution in [0.15, 0.2) is 22.7 Å². The second-order valence-corrected chi connectivity index (χ2v) is 3.98. The number of halogens is 1. The standard InChI is InChI=1S/C10H13BrN2O/c1-6-5-8(3-4-9(6)11)14-7(2)10(12)13/h3-5,7H,1-2H3,(H3,12,13). The zero-order valence-electron chi connectivity index (χ0n) is 8.17. The summed E-state index contributed by atoms with van der Waals surface area (Å²) in [5.74, 6) is 0.763. The Bertz CT molecular complexity index is 352. The number of nitrogens with two attached hydrogens (primary N) is 1. The maximum Gasteiger partial charge on any atom is 0.152 e. The molecule has 0 aliphatic carbocycles. The number of ether oxygens (including phenoxy) is 1. The zero-order chi connectivity index (χ0) is 10.7. The van der Waals surface area contributed by atoms with Crippen molar-refractivity contribution in [2.24, 2.45) is 5.73 Å². The fourth-order valence-electron chi connectivity index (χ4n) is 0.958. The Kier molecular flexibility index (Phi) is 3.52. The van der Waals surface area contributed by atoms with Crippen molar-refractivity contribution in [3.05, 3.63) is 28.2 Å². The van der Waals surface area contributed by atoms with Crippen molar-refractivity contribution in [3.63, 3.8) is 0 Å². The van der Waals surface area contributed by atoms with E-state index in [1.807, 2.05) is 25.1 Å². The smallest absolute Gasteiger partial charge is 0.152 e. The molecule has 0 bridgehead atoms. The number of amidine groups is 1. The van der Waals surface area contributed by atoms with Crippen molar-refractivity contribution in [1.29, 1.82) is 5.41 Å². The molecule has 3 N–H and O–H groups in total. The number of rotatable bonds is 3. The van der Waals surface area contributed by atoms with E-state index in [2.05, 4.69) is 15.9 Å². The summed E-state index contributed by atoms with van der Waals surface area (Å²) in [6.45, 7) is 3.73. The lowest BCUT2D eigenvalue weighted by Gasteiger charge is -2.13. The van der Waals surface area contributed by atoms with Crippen molar-refractivity contribution in [2.45, 2.75) is 20.0 Å². The zero-order valence-corrected chi connectivity index (χ0v) is 9.76. The first kappa shape index (κ1) is 11.0. The third kappa shape index (κ3) is 2.73. The van der Waals surface area contributed by atoms with Crippen molar-refractivity contribution in [1.82, 2.24) is 0 Å². The van der Waals surface area contributed by atoms with Gasteiger partial charge in [-0.1, -0.05) is 15.9 Å². The Balaban J connectivity index is 2.78. The van der Waals surface area contributed by atoms with E-state index in [4.69, 9.17) is 15.9 Å². The second kappa shape index (κ2) is 4.46. The van der Waals surface area contributed by atoms with Crippen molar-refractivity contribution in [2.75, 3.05) is 0 Å². The molecular weight excluding hydrogens is 244 g/mol. The van der Waals surface area contributed by atoms with Crippen molar-refractivity contribution in [3.8, 4) is 5.75 Å². The molecule has 0 aliphatic heterocycles. The third-order valence-electron chi connectivity index (χ3n) is 1.88. The van der Waals surface area contributed by atoms with Crippen molar-refractivity contribution >= 4 is 21.8 Å². The number of hydrogen-bond donors (Lipinski definition) is 2. The number of nitrogens with one attached hydrogen (secondary N) is 1. The molecule has 76 valence electrons. The van der Waals surface area contributed by atoms with Gasteiger partial charge in [0.1, 0.15) is 11.6 Å². The molecule has 1 aromatic rings. The summed E-state index contributed by atoms with van der Waals surface area (Å²) in [6, 6.07) is 5.66. The van der Waals surface area contributed by atoms with Crippen LogP contribution in [-0.4, -0.2) is 11.9 Å². The van der Waals surface area contributed by atoms with Crippen LogP contribution in [-0.2, 0) is 0 Å². The summed E-state index contributed by atoms with van der Waals surface area (Å²) in [4.78, 5) is 0. The van der Waals surface area contributed by atoms with Gasteiger partial charge in [-0.05, 0) is 37.6 Å². The average molecular weight is 257 g/mol. The van der Waals surface area contributed by atoms with Crippen LogP contribution in [0, 0.1) is 12.3 Å². The number of hydrogen-bond acceptors (Lipinski definition) is 2. The predicted molar refractivity (Wildman–Crippen MR) is 60.9 cm³/mol. The van der Waals surface area contributed by atoms with Gasteiger partial charge in [0.15, 0.2) is 6.10 Å². The molecule has 14 heavy (non-hydrogen) atoms. The molecule has 0 aliphatic rings. The first-order valence-corrected chi connectivity index (χ1v) is 5.06. The molecule has 4 heteroatoms. The Morgan fingerprint density at radius 3 is 2.71 bits per heavy atom. The largest absolute Gasteiger partial charge is 0.483 e. The van der Waals surface area contributed by atoms with Gasteiger partial charge in [-0.2, -0.15) is 0 Å². The molecule has 0 saturated carbocycles. The highest BCUT2D eigenvalue weighted by molar-refractivity contribution is 9.10. The van der Waals surface area contributed by atoms with Crippen LogP contribution in [0.1, 0.15) is 12.5 Å². The normalized spacial score (nSPS) is 12.2. The fraction of sp³-hybridized carbons (Fsp3) is 0.300. The van der Waals surface area contributed by atoms with Crippen LogP contribution in [0.3, 0.4) is 0 Å². The highest BCUT2D eigenvalue weighted by atomic mass is 79.9. The van der Waals surface area contributed by atoms with Gasteiger partial charge in [-0.3, -0.25) is 5.41 Å². The highest BCUT2D eigenvalue weighted by Crippen LogP contribution is 2.22. The van der Waals surface area contributed by atoms with Crippen LogP contribution in [0.4, 0.5) is 0 Å². The number of aryl methyl sites for hydroxylation is 1. The van der Waals surface area contributed by atoms with Gasteiger partial charge in [0.05, 0.1) is 0 Å². The molecular formula is C10H13BrN2O. The summed E-state index contributed by atoms with van der Waals surface area (Å²) in [7, 11) is 0. The van der Waals surface area contributed by atoms with Crippen LogP contribution >= 0.6 is 15.9 Å². The third-order valence-corrected chi connectivity index (χ3v) is 2.77. The van der Waals surface area contributed by atoms with Crippen LogP contribution in [0.2, 0.25) is 0 Å². The maximum atomic E-state index is 7.19. The minimum atomic E-state index is -0.379. The molecule has 0 heterocycles. The van der Waals surface area contributed by atoms with E-state index in [0.29, 0.717) is 0 Å². The molecule has 1 unspecified atom stereocenters. The molecule has 0 spiro atoms. The predicted octanol–water partition coefficient (Wildman–Crippen LogP) is 2.46. The van der Waals surface area contributed by atoms with Crippen LogP contribution in [0.5, 0.6) is 5.75 Å². The van der Waals surface area contributed by atoms with Gasteiger partial charge in [0, 0.05) is 4.47 Å². The van der Waals surface area contributed by atoms with Crippen LogP contribution < -0.4 is 10.5 Å². The van der Waals surface area contributed by atoms with E-state index in [9.17, 15) is 0 Å². The topological polar surface area (TPSA) is 59.1 Å². The Morgan fingerprint density at radius 2 is 2.21 bits per heavy atom. The molecule has 0 radical (unpaired) electrons. The lowest BCUT2D eigenvalue weighted by atomic mass is 10.2. The van der Waals surface area contributed by atoms with Gasteiger partial charge >= 0.3 is 0 Å². The minimum absolute atomic E-state index is 0.0329. The molecule has 3 nitrogen and oxygen atoms in total. The molecule has 0 aromatic heterocycles. The highest BCUT2D eigenvalue weighted by Gasteiger charge is 2.07. The summed E-state index contributed by atoms with van der Waals surface area (Å²) in [5.41, 5.74) is 6.40. The summed E-state index contributed by atoms with van der Waals surface area (Å²) in [5, 5.41) is 7.19. The molecule has 0 saturated heterocycles. The summed E-state index contributed by atoms with van der Waals surface area (Å²) >= 11 is 3.40. The Hall–Kier alpha value is -1.03. The van der Waals surface area contributed by atoms with E-state index in [1.54, 1.807) is 6.92 Å². The number of benzene rings is 1. The quantitative estimate of drug-likeness (QED) is 0.645. The van der Waals surface area contributed by atoms with E-state index in [0.717, 1.165) is 15.8 Å². The van der Waals surface area contributed by atoms with Gasteiger partial charge < -0.3 is 10.5 Å². The van der Waals surface area contributed by atoms with Gasteiger partial charge in [-0.25, -0.2) is 0 Å². The average Bonchev–Trinajstić information content (AvgIpc) is 2.11. The van der Waals surface area contributed by atoms with E-state index in [-0.39, 0.29) is 11.9 Å².